The second-order valence-corrected chi connectivity index (χ2v) is 9.24. The number of para-hydroxylation sites is 2. The summed E-state index contributed by atoms with van der Waals surface area (Å²) in [6.45, 7) is 1.93. The molecule has 0 fully saturated rings. The van der Waals surface area contributed by atoms with Gasteiger partial charge in [0.1, 0.15) is 18.2 Å². The third-order valence-corrected chi connectivity index (χ3v) is 6.46. The van der Waals surface area contributed by atoms with Crippen LogP contribution in [-0.2, 0) is 24.2 Å². The van der Waals surface area contributed by atoms with E-state index >= 15 is 0 Å². The summed E-state index contributed by atoms with van der Waals surface area (Å²) < 4.78 is 8.16. The van der Waals surface area contributed by atoms with Gasteiger partial charge in [0.2, 0.25) is 5.91 Å². The van der Waals surface area contributed by atoms with Crippen LogP contribution < -0.4 is 10.1 Å². The zero-order valence-corrected chi connectivity index (χ0v) is 21.1. The quantitative estimate of drug-likeness (QED) is 0.222. The Hall–Kier alpha value is -3.02. The molecule has 4 rings (SSSR count). The Kier molecular flexibility index (Phi) is 9.04. The first-order chi connectivity index (χ1) is 17.1. The lowest BCUT2D eigenvalue weighted by Gasteiger charge is -2.11. The first kappa shape index (κ1) is 25.1. The van der Waals surface area contributed by atoms with Gasteiger partial charge in [-0.3, -0.25) is 4.79 Å². The topological polar surface area (TPSA) is 56.2 Å². The minimum Gasteiger partial charge on any atom is -0.492 e. The number of halogens is 2. The van der Waals surface area contributed by atoms with Crippen LogP contribution in [0, 0.1) is 0 Å². The van der Waals surface area contributed by atoms with Gasteiger partial charge in [0.05, 0.1) is 24.0 Å². The summed E-state index contributed by atoms with van der Waals surface area (Å²) in [5.41, 5.74) is 2.97. The van der Waals surface area contributed by atoms with E-state index in [1.165, 1.54) is 0 Å². The Balaban J connectivity index is 1.23. The van der Waals surface area contributed by atoms with Gasteiger partial charge in [-0.2, -0.15) is 0 Å². The SMILES string of the molecule is O=C(Cc1ccccc1Cl)NCCCCCc1nc2ccccc2n1CCOc1ccc(Cl)cc1. The Morgan fingerprint density at radius 3 is 2.51 bits per heavy atom. The highest BCUT2D eigenvalue weighted by atomic mass is 35.5. The van der Waals surface area contributed by atoms with E-state index in [0.29, 0.717) is 29.6 Å². The molecule has 1 amide bonds. The Bertz CT molecular complexity index is 1250. The van der Waals surface area contributed by atoms with E-state index in [9.17, 15) is 4.79 Å². The van der Waals surface area contributed by atoms with Gasteiger partial charge in [0, 0.05) is 23.0 Å². The number of nitrogens with zero attached hydrogens (tertiary/aromatic N) is 2. The summed E-state index contributed by atoms with van der Waals surface area (Å²) in [5.74, 6) is 1.87. The number of hydrogen-bond acceptors (Lipinski definition) is 3. The van der Waals surface area contributed by atoms with Crippen LogP contribution in [0.4, 0.5) is 0 Å². The second-order valence-electron chi connectivity index (χ2n) is 8.40. The molecular weight excluding hydrogens is 481 g/mol. The molecule has 0 bridgehead atoms. The van der Waals surface area contributed by atoms with Crippen LogP contribution in [0.25, 0.3) is 11.0 Å². The van der Waals surface area contributed by atoms with E-state index in [0.717, 1.165) is 60.4 Å². The highest BCUT2D eigenvalue weighted by Gasteiger charge is 2.11. The van der Waals surface area contributed by atoms with Crippen LogP contribution in [0.5, 0.6) is 5.75 Å². The largest absolute Gasteiger partial charge is 0.492 e. The Labute approximate surface area is 216 Å². The highest BCUT2D eigenvalue weighted by molar-refractivity contribution is 6.31. The molecule has 4 aromatic rings. The number of benzene rings is 3. The second kappa shape index (κ2) is 12.6. The molecule has 0 atom stereocenters. The molecule has 182 valence electrons. The van der Waals surface area contributed by atoms with E-state index in [1.54, 1.807) is 6.07 Å². The Morgan fingerprint density at radius 2 is 1.69 bits per heavy atom. The average molecular weight is 510 g/mol. The number of aryl methyl sites for hydroxylation is 1. The number of unbranched alkanes of at least 4 members (excludes halogenated alkanes) is 2. The van der Waals surface area contributed by atoms with Crippen molar-refractivity contribution in [2.24, 2.45) is 0 Å². The maximum atomic E-state index is 12.2. The van der Waals surface area contributed by atoms with Gasteiger partial charge in [-0.1, -0.05) is 60.0 Å². The summed E-state index contributed by atoms with van der Waals surface area (Å²) in [6, 6.07) is 23.1. The first-order valence-electron chi connectivity index (χ1n) is 11.9. The van der Waals surface area contributed by atoms with Crippen LogP contribution in [0.2, 0.25) is 10.0 Å². The predicted molar refractivity (Wildman–Crippen MR) is 142 cm³/mol. The molecule has 35 heavy (non-hydrogen) atoms. The lowest BCUT2D eigenvalue weighted by molar-refractivity contribution is -0.120. The summed E-state index contributed by atoms with van der Waals surface area (Å²) in [5, 5.41) is 4.32. The van der Waals surface area contributed by atoms with E-state index in [4.69, 9.17) is 32.9 Å². The number of ether oxygens (including phenoxy) is 1. The van der Waals surface area contributed by atoms with Crippen molar-refractivity contribution < 1.29 is 9.53 Å². The van der Waals surface area contributed by atoms with Gasteiger partial charge in [-0.15, -0.1) is 0 Å². The molecule has 5 nitrogen and oxygen atoms in total. The maximum Gasteiger partial charge on any atom is 0.224 e. The van der Waals surface area contributed by atoms with Crippen LogP contribution >= 0.6 is 23.2 Å². The third kappa shape index (κ3) is 7.23. The number of aromatic nitrogens is 2. The number of amides is 1. The minimum absolute atomic E-state index is 0.000537. The summed E-state index contributed by atoms with van der Waals surface area (Å²) in [6.07, 6.45) is 4.12. The van der Waals surface area contributed by atoms with Crippen molar-refractivity contribution in [3.05, 3.63) is 94.2 Å². The van der Waals surface area contributed by atoms with E-state index < -0.39 is 0 Å². The summed E-state index contributed by atoms with van der Waals surface area (Å²) in [4.78, 5) is 17.0. The van der Waals surface area contributed by atoms with Crippen molar-refractivity contribution in [1.82, 2.24) is 14.9 Å². The number of rotatable bonds is 12. The molecule has 0 saturated heterocycles. The van der Waals surface area contributed by atoms with E-state index in [-0.39, 0.29) is 5.91 Å². The molecule has 1 N–H and O–H groups in total. The Morgan fingerprint density at radius 1 is 0.914 bits per heavy atom. The molecule has 0 radical (unpaired) electrons. The zero-order valence-electron chi connectivity index (χ0n) is 19.6. The number of nitrogens with one attached hydrogen (secondary N) is 1. The lowest BCUT2D eigenvalue weighted by Crippen LogP contribution is -2.26. The number of carbonyl (C=O) groups is 1. The summed E-state index contributed by atoms with van der Waals surface area (Å²) in [7, 11) is 0. The molecular formula is C28H29Cl2N3O2. The minimum atomic E-state index is 0.000537. The monoisotopic (exact) mass is 509 g/mol. The van der Waals surface area contributed by atoms with Crippen molar-refractivity contribution in [3.63, 3.8) is 0 Å². The van der Waals surface area contributed by atoms with Crippen LogP contribution in [0.15, 0.2) is 72.8 Å². The molecule has 0 aliphatic carbocycles. The van der Waals surface area contributed by atoms with Crippen molar-refractivity contribution in [2.45, 2.75) is 38.6 Å². The van der Waals surface area contributed by atoms with Gasteiger partial charge < -0.3 is 14.6 Å². The highest BCUT2D eigenvalue weighted by Crippen LogP contribution is 2.19. The number of hydrogen-bond donors (Lipinski definition) is 1. The molecule has 0 aliphatic rings. The number of carbonyl (C=O) groups excluding carboxylic acids is 1. The molecule has 0 aliphatic heterocycles. The zero-order chi connectivity index (χ0) is 24.5. The average Bonchev–Trinajstić information content (AvgIpc) is 3.21. The van der Waals surface area contributed by atoms with Gasteiger partial charge in [-0.05, 0) is 60.9 Å². The fourth-order valence-electron chi connectivity index (χ4n) is 4.04. The van der Waals surface area contributed by atoms with Gasteiger partial charge in [-0.25, -0.2) is 4.98 Å². The first-order valence-corrected chi connectivity index (χ1v) is 12.7. The van der Waals surface area contributed by atoms with Crippen molar-refractivity contribution in [3.8, 4) is 5.75 Å². The van der Waals surface area contributed by atoms with E-state index in [1.807, 2.05) is 60.7 Å². The number of fused-ring (bicyclic) bond motifs is 1. The normalized spacial score (nSPS) is 11.0. The fraction of sp³-hybridized carbons (Fsp3) is 0.286. The van der Waals surface area contributed by atoms with Gasteiger partial charge in [0.25, 0.3) is 0 Å². The molecule has 1 heterocycles. The van der Waals surface area contributed by atoms with E-state index in [2.05, 4.69) is 16.0 Å². The lowest BCUT2D eigenvalue weighted by atomic mass is 10.1. The number of imidazole rings is 1. The molecule has 3 aromatic carbocycles. The van der Waals surface area contributed by atoms with Crippen molar-refractivity contribution >= 4 is 40.1 Å². The predicted octanol–water partition coefficient (Wildman–Crippen LogP) is 6.49. The third-order valence-electron chi connectivity index (χ3n) is 5.84. The summed E-state index contributed by atoms with van der Waals surface area (Å²) >= 11 is 12.1. The molecule has 7 heteroatoms. The fourth-order valence-corrected chi connectivity index (χ4v) is 4.37. The molecule has 0 unspecified atom stereocenters. The maximum absolute atomic E-state index is 12.2. The van der Waals surface area contributed by atoms with Crippen LogP contribution in [0.1, 0.15) is 30.7 Å². The van der Waals surface area contributed by atoms with Crippen LogP contribution in [-0.4, -0.2) is 28.6 Å². The molecule has 0 saturated carbocycles. The van der Waals surface area contributed by atoms with Gasteiger partial charge in [0.15, 0.2) is 0 Å². The van der Waals surface area contributed by atoms with Crippen molar-refractivity contribution in [2.75, 3.05) is 13.2 Å². The smallest absolute Gasteiger partial charge is 0.224 e. The standard InChI is InChI=1S/C28H29Cl2N3O2/c29-22-13-15-23(16-14-22)35-19-18-33-26-11-6-5-10-25(26)32-27(33)12-2-1-7-17-31-28(34)20-21-8-3-4-9-24(21)30/h3-6,8-11,13-16H,1-2,7,12,17-20H2,(H,31,34). The molecule has 0 spiro atoms. The molecule has 1 aromatic heterocycles. The van der Waals surface area contributed by atoms with Crippen LogP contribution in [0.3, 0.4) is 0 Å². The van der Waals surface area contributed by atoms with Crippen molar-refractivity contribution in [1.29, 1.82) is 0 Å². The van der Waals surface area contributed by atoms with Gasteiger partial charge >= 0.3 is 0 Å².